The van der Waals surface area contributed by atoms with Gasteiger partial charge in [0, 0.05) is 50.4 Å². The summed E-state index contributed by atoms with van der Waals surface area (Å²) in [5.74, 6) is 0.370. The second-order valence-electron chi connectivity index (χ2n) is 7.89. The van der Waals surface area contributed by atoms with Crippen LogP contribution >= 0.6 is 0 Å². The fourth-order valence-electron chi connectivity index (χ4n) is 4.35. The maximum atomic E-state index is 12.4. The summed E-state index contributed by atoms with van der Waals surface area (Å²) < 4.78 is 7.69. The molecule has 2 aliphatic heterocycles. The van der Waals surface area contributed by atoms with Gasteiger partial charge in [-0.1, -0.05) is 0 Å². The Hall–Kier alpha value is -1.92. The van der Waals surface area contributed by atoms with Crippen LogP contribution in [0.5, 0.6) is 0 Å². The van der Waals surface area contributed by atoms with Gasteiger partial charge in [-0.2, -0.15) is 0 Å². The predicted octanol–water partition coefficient (Wildman–Crippen LogP) is 2.12. The lowest BCUT2D eigenvalue weighted by atomic mass is 9.95. The van der Waals surface area contributed by atoms with E-state index >= 15 is 0 Å². The van der Waals surface area contributed by atoms with Crippen molar-refractivity contribution in [3.05, 3.63) is 30.1 Å². The number of ether oxygens (including phenoxy) is 1. The molecule has 2 fully saturated rings. The zero-order chi connectivity index (χ0) is 18.6. The minimum atomic E-state index is 0.157. The van der Waals surface area contributed by atoms with Gasteiger partial charge in [-0.25, -0.2) is 4.98 Å². The molecule has 2 saturated heterocycles. The van der Waals surface area contributed by atoms with Crippen molar-refractivity contribution < 1.29 is 9.53 Å². The summed E-state index contributed by atoms with van der Waals surface area (Å²) >= 11 is 0. The molecule has 0 aromatic carbocycles. The zero-order valence-electron chi connectivity index (χ0n) is 16.2. The van der Waals surface area contributed by atoms with E-state index < -0.39 is 0 Å². The fourth-order valence-corrected chi connectivity index (χ4v) is 4.35. The molecule has 2 aliphatic rings. The lowest BCUT2D eigenvalue weighted by Gasteiger charge is -2.31. The summed E-state index contributed by atoms with van der Waals surface area (Å²) in [5, 5.41) is 4.35. The van der Waals surface area contributed by atoms with Crippen molar-refractivity contribution in [1.29, 1.82) is 0 Å². The molecule has 27 heavy (non-hydrogen) atoms. The van der Waals surface area contributed by atoms with Gasteiger partial charge in [-0.05, 0) is 62.9 Å². The number of rotatable bonds is 6. The summed E-state index contributed by atoms with van der Waals surface area (Å²) in [6.07, 6.45) is 9.39. The van der Waals surface area contributed by atoms with Crippen LogP contribution in [-0.2, 0) is 23.0 Å². The van der Waals surface area contributed by atoms with E-state index in [1.54, 1.807) is 0 Å². The first-order valence-corrected chi connectivity index (χ1v) is 10.2. The average Bonchev–Trinajstić information content (AvgIpc) is 3.33. The quantitative estimate of drug-likeness (QED) is 0.846. The number of likely N-dealkylation sites (tertiary alicyclic amines) is 1. The van der Waals surface area contributed by atoms with E-state index in [1.165, 1.54) is 10.9 Å². The van der Waals surface area contributed by atoms with Crippen molar-refractivity contribution >= 4 is 16.9 Å². The monoisotopic (exact) mass is 370 g/mol. The lowest BCUT2D eigenvalue weighted by molar-refractivity contribution is -0.126. The molecular weight excluding hydrogens is 340 g/mol. The Morgan fingerprint density at radius 1 is 1.33 bits per heavy atom. The second-order valence-corrected chi connectivity index (χ2v) is 7.89. The van der Waals surface area contributed by atoms with Gasteiger partial charge in [0.1, 0.15) is 5.65 Å². The molecule has 0 aliphatic carbocycles. The first-order valence-electron chi connectivity index (χ1n) is 10.2. The Morgan fingerprint density at radius 2 is 2.19 bits per heavy atom. The lowest BCUT2D eigenvalue weighted by Crippen LogP contribution is -2.42. The molecule has 2 aromatic heterocycles. The average molecular weight is 370 g/mol. The van der Waals surface area contributed by atoms with Crippen LogP contribution in [0.1, 0.15) is 31.2 Å². The molecule has 146 valence electrons. The van der Waals surface area contributed by atoms with Gasteiger partial charge in [-0.3, -0.25) is 4.79 Å². The number of aryl methyl sites for hydroxylation is 1. The Morgan fingerprint density at radius 3 is 2.96 bits per heavy atom. The number of carbonyl (C=O) groups is 1. The molecule has 4 rings (SSSR count). The van der Waals surface area contributed by atoms with E-state index in [2.05, 4.69) is 39.1 Å². The summed E-state index contributed by atoms with van der Waals surface area (Å²) in [5.41, 5.74) is 2.41. The number of pyridine rings is 1. The Balaban J connectivity index is 1.22. The minimum Gasteiger partial charge on any atom is -0.376 e. The van der Waals surface area contributed by atoms with Crippen molar-refractivity contribution in [2.75, 3.05) is 32.8 Å². The van der Waals surface area contributed by atoms with Gasteiger partial charge < -0.3 is 19.5 Å². The number of aromatic nitrogens is 2. The standard InChI is InChI=1S/C21H30N4O2/c1-24-15-17(19-5-2-9-22-20(19)24)8-12-25-10-6-16(7-11-25)21(26)23-14-18-4-3-13-27-18/h2,5,9,15-16,18H,3-4,6-8,10-14H2,1H3,(H,23,26). The van der Waals surface area contributed by atoms with Gasteiger partial charge in [-0.15, -0.1) is 0 Å². The third-order valence-electron chi connectivity index (χ3n) is 6.00. The molecule has 0 spiro atoms. The highest BCUT2D eigenvalue weighted by Crippen LogP contribution is 2.21. The SMILES string of the molecule is Cn1cc(CCN2CCC(C(=O)NCC3CCCO3)CC2)c2cccnc21. The van der Waals surface area contributed by atoms with E-state index in [0.717, 1.165) is 64.0 Å². The first-order chi connectivity index (χ1) is 13.2. The number of nitrogens with one attached hydrogen (secondary N) is 1. The van der Waals surface area contributed by atoms with Crippen LogP contribution in [0.25, 0.3) is 11.0 Å². The molecule has 1 amide bonds. The van der Waals surface area contributed by atoms with E-state index in [0.29, 0.717) is 6.54 Å². The highest BCUT2D eigenvalue weighted by atomic mass is 16.5. The third-order valence-corrected chi connectivity index (χ3v) is 6.00. The zero-order valence-corrected chi connectivity index (χ0v) is 16.2. The molecule has 0 radical (unpaired) electrons. The largest absolute Gasteiger partial charge is 0.376 e. The molecule has 0 saturated carbocycles. The number of hydrogen-bond acceptors (Lipinski definition) is 4. The van der Waals surface area contributed by atoms with Crippen LogP contribution in [0, 0.1) is 5.92 Å². The van der Waals surface area contributed by atoms with Crippen molar-refractivity contribution in [3.63, 3.8) is 0 Å². The van der Waals surface area contributed by atoms with Crippen molar-refractivity contribution in [1.82, 2.24) is 19.8 Å². The highest BCUT2D eigenvalue weighted by Gasteiger charge is 2.26. The number of piperidine rings is 1. The van der Waals surface area contributed by atoms with Gasteiger partial charge in [0.15, 0.2) is 0 Å². The number of fused-ring (bicyclic) bond motifs is 1. The van der Waals surface area contributed by atoms with E-state index in [9.17, 15) is 4.79 Å². The molecular formula is C21H30N4O2. The highest BCUT2D eigenvalue weighted by molar-refractivity contribution is 5.80. The Bertz CT molecular complexity index is 774. The van der Waals surface area contributed by atoms with Gasteiger partial charge in [0.05, 0.1) is 6.10 Å². The van der Waals surface area contributed by atoms with Gasteiger partial charge in [0.2, 0.25) is 5.91 Å². The Kier molecular flexibility index (Phi) is 5.74. The minimum absolute atomic E-state index is 0.157. The molecule has 0 bridgehead atoms. The maximum Gasteiger partial charge on any atom is 0.223 e. The van der Waals surface area contributed by atoms with Gasteiger partial charge in [0.25, 0.3) is 0 Å². The van der Waals surface area contributed by atoms with Crippen LogP contribution in [0.15, 0.2) is 24.5 Å². The normalized spacial score (nSPS) is 21.7. The van der Waals surface area contributed by atoms with E-state index in [4.69, 9.17) is 4.74 Å². The first kappa shape index (κ1) is 18.4. The molecule has 6 nitrogen and oxygen atoms in total. The van der Waals surface area contributed by atoms with Crippen LogP contribution in [0.2, 0.25) is 0 Å². The second kappa shape index (κ2) is 8.40. The fraction of sp³-hybridized carbons (Fsp3) is 0.619. The number of hydrogen-bond donors (Lipinski definition) is 1. The van der Waals surface area contributed by atoms with E-state index in [-0.39, 0.29) is 17.9 Å². The Labute approximate surface area is 160 Å². The van der Waals surface area contributed by atoms with Crippen LogP contribution in [-0.4, -0.2) is 59.2 Å². The topological polar surface area (TPSA) is 59.4 Å². The molecule has 1 unspecified atom stereocenters. The third kappa shape index (κ3) is 4.33. The molecule has 1 N–H and O–H groups in total. The van der Waals surface area contributed by atoms with Crippen LogP contribution in [0.4, 0.5) is 0 Å². The van der Waals surface area contributed by atoms with Crippen molar-refractivity contribution in [3.8, 4) is 0 Å². The number of carbonyl (C=O) groups excluding carboxylic acids is 1. The number of nitrogens with zero attached hydrogens (tertiary/aromatic N) is 3. The number of amides is 1. The van der Waals surface area contributed by atoms with Crippen molar-refractivity contribution in [2.45, 2.75) is 38.2 Å². The van der Waals surface area contributed by atoms with Crippen LogP contribution in [0.3, 0.4) is 0 Å². The van der Waals surface area contributed by atoms with E-state index in [1.807, 2.05) is 12.3 Å². The maximum absolute atomic E-state index is 12.4. The molecule has 1 atom stereocenters. The molecule has 2 aromatic rings. The predicted molar refractivity (Wildman–Crippen MR) is 106 cm³/mol. The molecule has 4 heterocycles. The smallest absolute Gasteiger partial charge is 0.223 e. The molecule has 6 heteroatoms. The summed E-state index contributed by atoms with van der Waals surface area (Å²) in [4.78, 5) is 19.3. The van der Waals surface area contributed by atoms with Crippen molar-refractivity contribution in [2.24, 2.45) is 13.0 Å². The summed E-state index contributed by atoms with van der Waals surface area (Å²) in [7, 11) is 2.06. The summed E-state index contributed by atoms with van der Waals surface area (Å²) in [6.45, 7) is 4.56. The van der Waals surface area contributed by atoms with Crippen LogP contribution < -0.4 is 5.32 Å². The summed E-state index contributed by atoms with van der Waals surface area (Å²) in [6, 6.07) is 4.16. The van der Waals surface area contributed by atoms with Gasteiger partial charge >= 0.3 is 0 Å².